The van der Waals surface area contributed by atoms with Gasteiger partial charge in [0.1, 0.15) is 11.4 Å². The minimum Gasteiger partial charge on any atom is -0.437 e. The van der Waals surface area contributed by atoms with Crippen LogP contribution < -0.4 is 21.3 Å². The first-order valence-electron chi connectivity index (χ1n) is 6.92. The summed E-state index contributed by atoms with van der Waals surface area (Å²) in [5, 5.41) is 3.24. The number of nitrogens with one attached hydrogen (secondary N) is 2. The van der Waals surface area contributed by atoms with Gasteiger partial charge in [-0.05, 0) is 35.8 Å². The van der Waals surface area contributed by atoms with Gasteiger partial charge >= 0.3 is 0 Å². The number of thiocarbonyl (C=S) groups is 1. The van der Waals surface area contributed by atoms with Gasteiger partial charge < -0.3 is 15.5 Å². The first-order valence-corrected chi connectivity index (χ1v) is 7.32. The van der Waals surface area contributed by atoms with Gasteiger partial charge in [0.2, 0.25) is 5.88 Å². The van der Waals surface area contributed by atoms with Crippen molar-refractivity contribution in [2.24, 2.45) is 5.84 Å². The second-order valence-electron chi connectivity index (χ2n) is 5.80. The molecule has 1 aromatic carbocycles. The van der Waals surface area contributed by atoms with E-state index < -0.39 is 0 Å². The molecule has 0 bridgehead atoms. The molecular formula is C16H20N4OS. The van der Waals surface area contributed by atoms with Crippen LogP contribution in [0.5, 0.6) is 11.6 Å². The van der Waals surface area contributed by atoms with Gasteiger partial charge in [0.15, 0.2) is 5.11 Å². The number of ether oxygens (including phenoxy) is 1. The number of hydrazine groups is 1. The molecule has 1 heterocycles. The Morgan fingerprint density at radius 1 is 1.18 bits per heavy atom. The molecule has 0 amide bonds. The summed E-state index contributed by atoms with van der Waals surface area (Å²) in [6.07, 6.45) is 1.67. The van der Waals surface area contributed by atoms with E-state index in [0.29, 0.717) is 16.7 Å². The van der Waals surface area contributed by atoms with Gasteiger partial charge in [0.25, 0.3) is 0 Å². The molecule has 2 rings (SSSR count). The maximum Gasteiger partial charge on any atom is 0.243 e. The molecule has 0 unspecified atom stereocenters. The predicted molar refractivity (Wildman–Crippen MR) is 93.0 cm³/mol. The Kier molecular flexibility index (Phi) is 4.95. The Labute approximate surface area is 135 Å². The summed E-state index contributed by atoms with van der Waals surface area (Å²) >= 11 is 5.02. The highest BCUT2D eigenvalue weighted by Gasteiger charge is 2.19. The fourth-order valence-corrected chi connectivity index (χ4v) is 2.12. The van der Waals surface area contributed by atoms with Crippen molar-refractivity contribution in [2.45, 2.75) is 26.2 Å². The maximum absolute atomic E-state index is 6.01. The van der Waals surface area contributed by atoms with Crippen molar-refractivity contribution in [2.75, 3.05) is 5.32 Å². The third kappa shape index (κ3) is 3.93. The molecule has 0 fully saturated rings. The van der Waals surface area contributed by atoms with E-state index in [1.807, 2.05) is 24.3 Å². The number of hydrogen-bond donors (Lipinski definition) is 3. The molecule has 0 atom stereocenters. The Hall–Kier alpha value is -2.18. The molecule has 0 aliphatic carbocycles. The molecule has 1 aromatic heterocycles. The van der Waals surface area contributed by atoms with E-state index in [4.69, 9.17) is 22.8 Å². The number of para-hydroxylation sites is 1. The topological polar surface area (TPSA) is 72.2 Å². The Balaban J connectivity index is 2.34. The molecule has 0 aliphatic rings. The summed E-state index contributed by atoms with van der Waals surface area (Å²) in [6.45, 7) is 6.42. The number of pyridine rings is 1. The number of nitrogens with two attached hydrogens (primary N) is 1. The highest BCUT2D eigenvalue weighted by molar-refractivity contribution is 7.80. The van der Waals surface area contributed by atoms with Gasteiger partial charge in [0.05, 0.1) is 0 Å². The summed E-state index contributed by atoms with van der Waals surface area (Å²) in [7, 11) is 0. The van der Waals surface area contributed by atoms with Gasteiger partial charge in [-0.15, -0.1) is 0 Å². The fourth-order valence-electron chi connectivity index (χ4n) is 2.01. The van der Waals surface area contributed by atoms with Crippen molar-refractivity contribution in [1.82, 2.24) is 10.4 Å². The summed E-state index contributed by atoms with van der Waals surface area (Å²) in [5.41, 5.74) is 4.09. The summed E-state index contributed by atoms with van der Waals surface area (Å²) < 4.78 is 6.01. The molecule has 4 N–H and O–H groups in total. The van der Waals surface area contributed by atoms with E-state index >= 15 is 0 Å². The molecule has 2 aromatic rings. The van der Waals surface area contributed by atoms with Crippen LogP contribution in [0, 0.1) is 0 Å². The average Bonchev–Trinajstić information content (AvgIpc) is 2.48. The van der Waals surface area contributed by atoms with Crippen LogP contribution in [-0.4, -0.2) is 10.1 Å². The second kappa shape index (κ2) is 6.72. The van der Waals surface area contributed by atoms with Gasteiger partial charge in [-0.25, -0.2) is 10.8 Å². The van der Waals surface area contributed by atoms with Crippen LogP contribution in [0.15, 0.2) is 42.6 Å². The first-order chi connectivity index (χ1) is 10.4. The number of rotatable bonds is 3. The quantitative estimate of drug-likeness (QED) is 0.458. The Morgan fingerprint density at radius 2 is 1.91 bits per heavy atom. The monoisotopic (exact) mass is 316 g/mol. The van der Waals surface area contributed by atoms with E-state index in [0.717, 1.165) is 11.3 Å². The lowest BCUT2D eigenvalue weighted by atomic mass is 9.86. The average molecular weight is 316 g/mol. The first kappa shape index (κ1) is 16.2. The highest BCUT2D eigenvalue weighted by atomic mass is 32.1. The molecular weight excluding hydrogens is 296 g/mol. The number of benzene rings is 1. The van der Waals surface area contributed by atoms with E-state index in [2.05, 4.69) is 42.6 Å². The van der Waals surface area contributed by atoms with Crippen molar-refractivity contribution >= 4 is 23.0 Å². The molecule has 0 saturated heterocycles. The molecule has 0 aliphatic heterocycles. The van der Waals surface area contributed by atoms with E-state index in [1.165, 1.54) is 0 Å². The van der Waals surface area contributed by atoms with Crippen LogP contribution in [-0.2, 0) is 5.41 Å². The Bertz CT molecular complexity index is 667. The zero-order chi connectivity index (χ0) is 16.2. The predicted octanol–water partition coefficient (Wildman–Crippen LogP) is 3.33. The molecule has 5 nitrogen and oxygen atoms in total. The lowest BCUT2D eigenvalue weighted by Gasteiger charge is -2.22. The van der Waals surface area contributed by atoms with Crippen LogP contribution in [0.3, 0.4) is 0 Å². The highest BCUT2D eigenvalue weighted by Crippen LogP contribution is 2.35. The largest absolute Gasteiger partial charge is 0.437 e. The van der Waals surface area contributed by atoms with Gasteiger partial charge in [-0.2, -0.15) is 0 Å². The molecule has 0 radical (unpaired) electrons. The van der Waals surface area contributed by atoms with Gasteiger partial charge in [-0.1, -0.05) is 39.0 Å². The van der Waals surface area contributed by atoms with E-state index in [1.54, 1.807) is 12.3 Å². The number of anilines is 1. The lowest BCUT2D eigenvalue weighted by Crippen LogP contribution is -2.34. The summed E-state index contributed by atoms with van der Waals surface area (Å²) in [6, 6.07) is 11.5. The second-order valence-corrected chi connectivity index (χ2v) is 6.21. The van der Waals surface area contributed by atoms with Crippen molar-refractivity contribution in [3.05, 3.63) is 48.2 Å². The maximum atomic E-state index is 6.01. The normalized spacial score (nSPS) is 10.9. The zero-order valence-electron chi connectivity index (χ0n) is 12.9. The SMILES string of the molecule is CC(C)(C)c1ccccc1Oc1ncccc1NC(=S)NN. The van der Waals surface area contributed by atoms with Crippen molar-refractivity contribution in [3.8, 4) is 11.6 Å². The molecule has 22 heavy (non-hydrogen) atoms. The van der Waals surface area contributed by atoms with E-state index in [9.17, 15) is 0 Å². The molecule has 0 spiro atoms. The molecule has 0 saturated carbocycles. The molecule has 116 valence electrons. The summed E-state index contributed by atoms with van der Waals surface area (Å²) in [4.78, 5) is 4.27. The lowest BCUT2D eigenvalue weighted by molar-refractivity contribution is 0.442. The van der Waals surface area contributed by atoms with Crippen LogP contribution >= 0.6 is 12.2 Å². The van der Waals surface area contributed by atoms with E-state index in [-0.39, 0.29) is 5.41 Å². The number of nitrogens with zero attached hydrogens (tertiary/aromatic N) is 1. The van der Waals surface area contributed by atoms with Gasteiger partial charge in [-0.3, -0.25) is 0 Å². The Morgan fingerprint density at radius 3 is 2.59 bits per heavy atom. The van der Waals surface area contributed by atoms with Crippen molar-refractivity contribution < 1.29 is 4.74 Å². The standard InChI is InChI=1S/C16H20N4OS/c1-16(2,3)11-7-4-5-9-13(11)21-14-12(8-6-10-18-14)19-15(22)20-17/h4-10H,17H2,1-3H3,(H2,19,20,22). The van der Waals surface area contributed by atoms with Crippen molar-refractivity contribution in [1.29, 1.82) is 0 Å². The number of aromatic nitrogens is 1. The number of hydrogen-bond acceptors (Lipinski definition) is 4. The zero-order valence-corrected chi connectivity index (χ0v) is 13.7. The minimum atomic E-state index is -0.0346. The third-order valence-electron chi connectivity index (χ3n) is 3.05. The van der Waals surface area contributed by atoms with Crippen LogP contribution in [0.25, 0.3) is 0 Å². The summed E-state index contributed by atoms with van der Waals surface area (Å²) in [5.74, 6) is 6.50. The van der Waals surface area contributed by atoms with Crippen molar-refractivity contribution in [3.63, 3.8) is 0 Å². The third-order valence-corrected chi connectivity index (χ3v) is 3.27. The molecule has 6 heteroatoms. The minimum absolute atomic E-state index is 0.0346. The van der Waals surface area contributed by atoms with Crippen LogP contribution in [0.4, 0.5) is 5.69 Å². The fraction of sp³-hybridized carbons (Fsp3) is 0.250. The van der Waals surface area contributed by atoms with Gasteiger partial charge in [0, 0.05) is 11.8 Å². The van der Waals surface area contributed by atoms with Crippen LogP contribution in [0.1, 0.15) is 26.3 Å². The smallest absolute Gasteiger partial charge is 0.243 e. The van der Waals surface area contributed by atoms with Crippen LogP contribution in [0.2, 0.25) is 0 Å².